The Labute approximate surface area is 58.9 Å². The third-order valence-electron chi connectivity index (χ3n) is 1.63. The summed E-state index contributed by atoms with van der Waals surface area (Å²) in [5, 5.41) is 0. The van der Waals surface area contributed by atoms with E-state index in [9.17, 15) is 0 Å². The number of rotatable bonds is 3. The van der Waals surface area contributed by atoms with E-state index in [1.807, 2.05) is 0 Å². The van der Waals surface area contributed by atoms with Crippen molar-refractivity contribution in [3.8, 4) is 0 Å². The second-order valence-electron chi connectivity index (χ2n) is 2.37. The zero-order chi connectivity index (χ0) is 6.57. The summed E-state index contributed by atoms with van der Waals surface area (Å²) >= 11 is 4.15. The maximum atomic E-state index is 5.41. The average molecular weight is 128 g/mol. The summed E-state index contributed by atoms with van der Waals surface area (Å²) in [5.41, 5.74) is 0. The molecule has 0 heterocycles. The van der Waals surface area contributed by atoms with Crippen molar-refractivity contribution in [2.75, 3.05) is 5.75 Å². The van der Waals surface area contributed by atoms with Crippen LogP contribution in [0.15, 0.2) is 0 Å². The van der Waals surface area contributed by atoms with Gasteiger partial charge in [0.25, 0.3) is 0 Å². The lowest BCUT2D eigenvalue weighted by Gasteiger charge is -2.14. The highest BCUT2D eigenvalue weighted by molar-refractivity contribution is 7.80. The van der Waals surface area contributed by atoms with Crippen LogP contribution >= 0.6 is 12.6 Å². The lowest BCUT2D eigenvalue weighted by Crippen LogP contribution is -2.08. The highest BCUT2D eigenvalue weighted by Crippen LogP contribution is 2.14. The minimum Gasteiger partial charge on any atom is -0.179 e. The Bertz CT molecular complexity index is 48.5. The van der Waals surface area contributed by atoms with Crippen LogP contribution in [0.1, 0.15) is 13.8 Å². The quantitative estimate of drug-likeness (QED) is 0.434. The van der Waals surface area contributed by atoms with E-state index in [0.29, 0.717) is 11.8 Å². The van der Waals surface area contributed by atoms with Crippen LogP contribution in [0.3, 0.4) is 0 Å². The van der Waals surface area contributed by atoms with E-state index in [1.165, 1.54) is 0 Å². The maximum Gasteiger partial charge on any atom is 0.0656 e. The van der Waals surface area contributed by atoms with Crippen molar-refractivity contribution >= 4 is 20.5 Å². The fourth-order valence-electron chi connectivity index (χ4n) is 0.412. The fourth-order valence-corrected chi connectivity index (χ4v) is 0.772. The van der Waals surface area contributed by atoms with Crippen LogP contribution in [0.5, 0.6) is 0 Å². The Kier molecular flexibility index (Phi) is 4.53. The van der Waals surface area contributed by atoms with Crippen LogP contribution in [0.4, 0.5) is 0 Å². The smallest absolute Gasteiger partial charge is 0.0656 e. The van der Waals surface area contributed by atoms with Gasteiger partial charge in [0, 0.05) is 0 Å². The molecule has 0 rings (SSSR count). The van der Waals surface area contributed by atoms with Gasteiger partial charge in [-0.3, -0.25) is 0 Å². The molecule has 0 amide bonds. The molecule has 0 N–H and O–H groups in total. The van der Waals surface area contributed by atoms with Crippen molar-refractivity contribution in [1.82, 2.24) is 0 Å². The Morgan fingerprint density at radius 1 is 1.38 bits per heavy atom. The molecular weight excluding hydrogens is 115 g/mol. The Morgan fingerprint density at radius 2 is 1.88 bits per heavy atom. The summed E-state index contributed by atoms with van der Waals surface area (Å²) in [4.78, 5) is 0. The van der Waals surface area contributed by atoms with E-state index in [1.54, 1.807) is 0 Å². The molecule has 2 radical (unpaired) electrons. The van der Waals surface area contributed by atoms with Crippen LogP contribution in [0, 0.1) is 11.8 Å². The standard InChI is InChI=1S/C6H13BS/c1-5(3-7)6(2)4-8/h5-6,8H,3-4H2,1-2H3. The van der Waals surface area contributed by atoms with Gasteiger partial charge < -0.3 is 0 Å². The zero-order valence-electron chi connectivity index (χ0n) is 5.59. The first-order chi connectivity index (χ1) is 3.72. The summed E-state index contributed by atoms with van der Waals surface area (Å²) in [5.74, 6) is 2.22. The molecule has 0 aliphatic carbocycles. The van der Waals surface area contributed by atoms with Gasteiger partial charge >= 0.3 is 0 Å². The first-order valence-corrected chi connectivity index (χ1v) is 3.66. The molecule has 0 spiro atoms. The molecule has 2 atom stereocenters. The molecule has 2 heteroatoms. The molecule has 0 bridgehead atoms. The van der Waals surface area contributed by atoms with Gasteiger partial charge in [-0.25, -0.2) is 0 Å². The summed E-state index contributed by atoms with van der Waals surface area (Å²) in [6.07, 6.45) is 0.779. The van der Waals surface area contributed by atoms with Crippen molar-refractivity contribution in [3.63, 3.8) is 0 Å². The summed E-state index contributed by atoms with van der Waals surface area (Å²) < 4.78 is 0. The fraction of sp³-hybridized carbons (Fsp3) is 1.00. The van der Waals surface area contributed by atoms with Gasteiger partial charge in [0.05, 0.1) is 7.85 Å². The van der Waals surface area contributed by atoms with E-state index >= 15 is 0 Å². The SMILES string of the molecule is [B]CC(C)C(C)CS. The van der Waals surface area contributed by atoms with Crippen molar-refractivity contribution in [1.29, 1.82) is 0 Å². The Morgan fingerprint density at radius 3 is 2.00 bits per heavy atom. The third-order valence-corrected chi connectivity index (χ3v) is 2.21. The molecule has 0 aromatic rings. The number of thiol groups is 1. The molecule has 2 unspecified atom stereocenters. The van der Waals surface area contributed by atoms with Crippen molar-refractivity contribution in [3.05, 3.63) is 0 Å². The highest BCUT2D eigenvalue weighted by Gasteiger charge is 2.05. The predicted octanol–water partition coefficient (Wildman–Crippen LogP) is 1.78. The van der Waals surface area contributed by atoms with Gasteiger partial charge in [-0.2, -0.15) is 12.6 Å². The lowest BCUT2D eigenvalue weighted by molar-refractivity contribution is 0.466. The van der Waals surface area contributed by atoms with Crippen LogP contribution < -0.4 is 0 Å². The topological polar surface area (TPSA) is 0 Å². The molecule has 0 fully saturated rings. The summed E-state index contributed by atoms with van der Waals surface area (Å²) in [6, 6.07) is 0. The monoisotopic (exact) mass is 128 g/mol. The first kappa shape index (κ1) is 8.41. The largest absolute Gasteiger partial charge is 0.179 e. The molecule has 8 heavy (non-hydrogen) atoms. The van der Waals surface area contributed by atoms with Gasteiger partial charge in [-0.15, -0.1) is 0 Å². The van der Waals surface area contributed by atoms with Crippen LogP contribution in [-0.4, -0.2) is 13.6 Å². The van der Waals surface area contributed by atoms with Gasteiger partial charge in [0.1, 0.15) is 0 Å². The molecular formula is C6H13BS. The molecule has 0 nitrogen and oxygen atoms in total. The maximum absolute atomic E-state index is 5.41. The number of hydrogen-bond donors (Lipinski definition) is 1. The second-order valence-corrected chi connectivity index (χ2v) is 2.74. The Balaban J connectivity index is 3.29. The molecule has 0 saturated heterocycles. The highest BCUT2D eigenvalue weighted by atomic mass is 32.1. The second kappa shape index (κ2) is 4.31. The minimum absolute atomic E-state index is 0.618. The van der Waals surface area contributed by atoms with E-state index < -0.39 is 0 Å². The predicted molar refractivity (Wildman–Crippen MR) is 42.7 cm³/mol. The van der Waals surface area contributed by atoms with Crippen LogP contribution in [-0.2, 0) is 0 Å². The molecule has 0 aliphatic heterocycles. The van der Waals surface area contributed by atoms with E-state index in [2.05, 4.69) is 26.5 Å². The summed E-state index contributed by atoms with van der Waals surface area (Å²) in [6.45, 7) is 4.32. The average Bonchev–Trinajstić information content (AvgIpc) is 1.84. The van der Waals surface area contributed by atoms with Crippen LogP contribution in [0.2, 0.25) is 6.32 Å². The van der Waals surface area contributed by atoms with Gasteiger partial charge in [0.2, 0.25) is 0 Å². The summed E-state index contributed by atoms with van der Waals surface area (Å²) in [7, 11) is 5.41. The minimum atomic E-state index is 0.618. The third kappa shape index (κ3) is 2.66. The number of hydrogen-bond acceptors (Lipinski definition) is 1. The van der Waals surface area contributed by atoms with Gasteiger partial charge in [0.15, 0.2) is 0 Å². The van der Waals surface area contributed by atoms with Crippen molar-refractivity contribution in [2.24, 2.45) is 11.8 Å². The molecule has 0 saturated carbocycles. The normalized spacial score (nSPS) is 17.9. The van der Waals surface area contributed by atoms with Crippen molar-refractivity contribution in [2.45, 2.75) is 20.2 Å². The molecule has 0 aliphatic rings. The zero-order valence-corrected chi connectivity index (χ0v) is 6.49. The van der Waals surface area contributed by atoms with E-state index in [-0.39, 0.29) is 0 Å². The van der Waals surface area contributed by atoms with E-state index in [0.717, 1.165) is 12.1 Å². The van der Waals surface area contributed by atoms with Gasteiger partial charge in [-0.05, 0) is 17.6 Å². The van der Waals surface area contributed by atoms with E-state index in [4.69, 9.17) is 7.85 Å². The molecule has 46 valence electrons. The Hall–Kier alpha value is 0.415. The van der Waals surface area contributed by atoms with Crippen molar-refractivity contribution < 1.29 is 0 Å². The van der Waals surface area contributed by atoms with Crippen LogP contribution in [0.25, 0.3) is 0 Å². The van der Waals surface area contributed by atoms with Gasteiger partial charge in [-0.1, -0.05) is 20.2 Å². The molecule has 0 aromatic carbocycles. The first-order valence-electron chi connectivity index (χ1n) is 3.03. The molecule has 0 aromatic heterocycles. The lowest BCUT2D eigenvalue weighted by atomic mass is 9.85.